The van der Waals surface area contributed by atoms with E-state index in [0.29, 0.717) is 23.4 Å². The lowest BCUT2D eigenvalue weighted by molar-refractivity contribution is 0.0948. The summed E-state index contributed by atoms with van der Waals surface area (Å²) in [6.07, 6.45) is 11.1. The molecule has 0 spiro atoms. The van der Waals surface area contributed by atoms with E-state index < -0.39 is 0 Å². The number of rotatable bonds is 6. The zero-order valence-corrected chi connectivity index (χ0v) is 16.9. The van der Waals surface area contributed by atoms with Gasteiger partial charge in [-0.1, -0.05) is 50.3 Å². The van der Waals surface area contributed by atoms with Crippen molar-refractivity contribution in [3.05, 3.63) is 71.2 Å². The number of fused-ring (bicyclic) bond motifs is 1. The van der Waals surface area contributed by atoms with E-state index in [4.69, 9.17) is 0 Å². The summed E-state index contributed by atoms with van der Waals surface area (Å²) in [6, 6.07) is 10.7. The van der Waals surface area contributed by atoms with Gasteiger partial charge in [-0.15, -0.1) is 0 Å². The summed E-state index contributed by atoms with van der Waals surface area (Å²) in [5, 5.41) is 3.01. The fourth-order valence-electron chi connectivity index (χ4n) is 4.14. The molecule has 0 aliphatic heterocycles. The van der Waals surface area contributed by atoms with Crippen molar-refractivity contribution in [2.24, 2.45) is 5.92 Å². The molecule has 1 amide bonds. The van der Waals surface area contributed by atoms with Gasteiger partial charge in [-0.25, -0.2) is 4.98 Å². The minimum atomic E-state index is -0.104. The lowest BCUT2D eigenvalue weighted by Gasteiger charge is -2.21. The Labute approximate surface area is 171 Å². The summed E-state index contributed by atoms with van der Waals surface area (Å²) in [5.41, 5.74) is 3.46. The van der Waals surface area contributed by atoms with Crippen LogP contribution in [0.15, 0.2) is 48.8 Å². The Kier molecular flexibility index (Phi) is 5.74. The molecule has 1 saturated carbocycles. The topological polar surface area (TPSA) is 63.5 Å². The highest BCUT2D eigenvalue weighted by Gasteiger charge is 2.16. The quantitative estimate of drug-likeness (QED) is 0.628. The number of aromatic nitrogens is 2. The average molecular weight is 389 g/mol. The fourth-order valence-corrected chi connectivity index (χ4v) is 4.14. The van der Waals surface area contributed by atoms with Gasteiger partial charge in [0.15, 0.2) is 0 Å². The Balaban J connectivity index is 1.39. The maximum atomic E-state index is 12.9. The van der Waals surface area contributed by atoms with Gasteiger partial charge in [0.2, 0.25) is 5.78 Å². The molecule has 1 N–H and O–H groups in total. The van der Waals surface area contributed by atoms with Crippen molar-refractivity contribution in [3.63, 3.8) is 0 Å². The smallest absolute Gasteiger partial charge is 0.251 e. The van der Waals surface area contributed by atoms with Crippen molar-refractivity contribution in [1.82, 2.24) is 14.7 Å². The summed E-state index contributed by atoms with van der Waals surface area (Å²) < 4.78 is 1.81. The minimum absolute atomic E-state index is 0.0785. The molecule has 1 fully saturated rings. The van der Waals surface area contributed by atoms with E-state index in [9.17, 15) is 9.59 Å². The van der Waals surface area contributed by atoms with E-state index in [-0.39, 0.29) is 11.7 Å². The number of pyridine rings is 1. The number of nitrogens with zero attached hydrogens (tertiary/aromatic N) is 2. The summed E-state index contributed by atoms with van der Waals surface area (Å²) in [7, 11) is 0. The maximum absolute atomic E-state index is 12.9. The molecule has 5 nitrogen and oxygen atoms in total. The van der Waals surface area contributed by atoms with E-state index in [2.05, 4.69) is 10.3 Å². The lowest BCUT2D eigenvalue weighted by atomic mass is 9.87. The third-order valence-electron chi connectivity index (χ3n) is 5.86. The molecular formula is C24H27N3O2. The zero-order chi connectivity index (χ0) is 20.2. The van der Waals surface area contributed by atoms with Crippen LogP contribution in [0.3, 0.4) is 0 Å². The Morgan fingerprint density at radius 1 is 1.03 bits per heavy atom. The summed E-state index contributed by atoms with van der Waals surface area (Å²) in [4.78, 5) is 29.6. The molecule has 3 aromatic rings. The van der Waals surface area contributed by atoms with Crippen LogP contribution in [0.2, 0.25) is 0 Å². The Morgan fingerprint density at radius 3 is 2.52 bits per heavy atom. The van der Waals surface area contributed by atoms with Crippen molar-refractivity contribution in [2.45, 2.75) is 45.4 Å². The lowest BCUT2D eigenvalue weighted by Crippen LogP contribution is -2.26. The average Bonchev–Trinajstić information content (AvgIpc) is 3.17. The highest BCUT2D eigenvalue weighted by Crippen LogP contribution is 2.25. The first-order chi connectivity index (χ1) is 14.1. The molecule has 2 aromatic heterocycles. The van der Waals surface area contributed by atoms with Crippen LogP contribution in [-0.2, 0) is 0 Å². The van der Waals surface area contributed by atoms with Crippen molar-refractivity contribution in [3.8, 4) is 0 Å². The molecule has 5 heteroatoms. The highest BCUT2D eigenvalue weighted by atomic mass is 16.1. The van der Waals surface area contributed by atoms with Crippen LogP contribution in [0, 0.1) is 12.8 Å². The molecule has 1 aliphatic carbocycles. The number of benzene rings is 1. The second-order valence-electron chi connectivity index (χ2n) is 8.03. The SMILES string of the molecule is Cc1ccc2ncc(C(=O)c3ccc(C(=O)NCCC4CCCCC4)cc3)n2c1. The van der Waals surface area contributed by atoms with Gasteiger partial charge in [-0.2, -0.15) is 0 Å². The van der Waals surface area contributed by atoms with Crippen LogP contribution in [0.1, 0.15) is 70.5 Å². The minimum Gasteiger partial charge on any atom is -0.352 e. The largest absolute Gasteiger partial charge is 0.352 e. The Bertz CT molecular complexity index is 1010. The third-order valence-corrected chi connectivity index (χ3v) is 5.86. The molecule has 2 heterocycles. The first-order valence-electron chi connectivity index (χ1n) is 10.5. The zero-order valence-electron chi connectivity index (χ0n) is 16.9. The molecule has 1 aromatic carbocycles. The number of carbonyl (C=O) groups excluding carboxylic acids is 2. The molecule has 29 heavy (non-hydrogen) atoms. The van der Waals surface area contributed by atoms with E-state index in [0.717, 1.165) is 23.5 Å². The fraction of sp³-hybridized carbons (Fsp3) is 0.375. The number of carbonyl (C=O) groups is 2. The van der Waals surface area contributed by atoms with Crippen LogP contribution in [0.4, 0.5) is 0 Å². The predicted molar refractivity (Wildman–Crippen MR) is 113 cm³/mol. The van der Waals surface area contributed by atoms with Crippen molar-refractivity contribution < 1.29 is 9.59 Å². The molecule has 0 atom stereocenters. The van der Waals surface area contributed by atoms with Crippen molar-refractivity contribution in [1.29, 1.82) is 0 Å². The van der Waals surface area contributed by atoms with Gasteiger partial charge >= 0.3 is 0 Å². The van der Waals surface area contributed by atoms with E-state index in [1.807, 2.05) is 29.7 Å². The molecular weight excluding hydrogens is 362 g/mol. The van der Waals surface area contributed by atoms with Gasteiger partial charge in [0.1, 0.15) is 11.3 Å². The number of amides is 1. The number of imidazole rings is 1. The predicted octanol–water partition coefficient (Wildman–Crippen LogP) is 4.57. The first-order valence-corrected chi connectivity index (χ1v) is 10.5. The van der Waals surface area contributed by atoms with Gasteiger partial charge in [0, 0.05) is 23.9 Å². The Hall–Kier alpha value is -2.95. The van der Waals surface area contributed by atoms with Gasteiger partial charge in [-0.3, -0.25) is 14.0 Å². The number of nitrogens with one attached hydrogen (secondary N) is 1. The van der Waals surface area contributed by atoms with Crippen LogP contribution in [0.5, 0.6) is 0 Å². The maximum Gasteiger partial charge on any atom is 0.251 e. The van der Waals surface area contributed by atoms with Crippen LogP contribution < -0.4 is 5.32 Å². The highest BCUT2D eigenvalue weighted by molar-refractivity contribution is 6.08. The van der Waals surface area contributed by atoms with E-state index >= 15 is 0 Å². The number of aryl methyl sites for hydroxylation is 1. The number of hydrogen-bond donors (Lipinski definition) is 1. The standard InChI is InChI=1S/C24H27N3O2/c1-17-7-12-22-26-15-21(27(22)16-17)23(28)19-8-10-20(11-9-19)24(29)25-14-13-18-5-3-2-4-6-18/h7-12,15-16,18H,2-6,13-14H2,1H3,(H,25,29). The first kappa shape index (κ1) is 19.4. The van der Waals surface area contributed by atoms with Gasteiger partial charge < -0.3 is 5.32 Å². The second-order valence-corrected chi connectivity index (χ2v) is 8.03. The monoisotopic (exact) mass is 389 g/mol. The summed E-state index contributed by atoms with van der Waals surface area (Å²) in [6.45, 7) is 2.70. The van der Waals surface area contributed by atoms with Gasteiger partial charge in [0.05, 0.1) is 6.20 Å². The van der Waals surface area contributed by atoms with E-state index in [1.54, 1.807) is 30.5 Å². The van der Waals surface area contributed by atoms with Crippen LogP contribution in [-0.4, -0.2) is 27.6 Å². The Morgan fingerprint density at radius 2 is 1.76 bits per heavy atom. The van der Waals surface area contributed by atoms with Crippen LogP contribution in [0.25, 0.3) is 5.65 Å². The molecule has 1 aliphatic rings. The van der Waals surface area contributed by atoms with E-state index in [1.165, 1.54) is 32.1 Å². The third kappa shape index (κ3) is 4.39. The number of hydrogen-bond acceptors (Lipinski definition) is 3. The van der Waals surface area contributed by atoms with Crippen molar-refractivity contribution >= 4 is 17.3 Å². The molecule has 4 rings (SSSR count). The normalized spacial score (nSPS) is 14.8. The molecule has 0 radical (unpaired) electrons. The summed E-state index contributed by atoms with van der Waals surface area (Å²) in [5.74, 6) is 0.566. The van der Waals surface area contributed by atoms with Crippen molar-refractivity contribution in [2.75, 3.05) is 6.54 Å². The number of ketones is 1. The molecule has 0 unspecified atom stereocenters. The molecule has 150 valence electrons. The second kappa shape index (κ2) is 8.60. The van der Waals surface area contributed by atoms with Gasteiger partial charge in [-0.05, 0) is 43.0 Å². The molecule has 0 saturated heterocycles. The summed E-state index contributed by atoms with van der Waals surface area (Å²) >= 11 is 0. The molecule has 0 bridgehead atoms. The van der Waals surface area contributed by atoms with Gasteiger partial charge in [0.25, 0.3) is 5.91 Å². The van der Waals surface area contributed by atoms with Crippen LogP contribution >= 0.6 is 0 Å².